The van der Waals surface area contributed by atoms with E-state index in [0.29, 0.717) is 17.8 Å². The number of rotatable bonds is 4. The standard InChI is InChI=1S/C14H12N4O3/c1-2-21-13-11(14(19)20)16-10-8-15-18(12(10)17-13)9-6-4-3-5-7-9/h3-8H,2H2,1H3,(H,19,20). The highest BCUT2D eigenvalue weighted by Crippen LogP contribution is 2.21. The van der Waals surface area contributed by atoms with Gasteiger partial charge in [-0.1, -0.05) is 18.2 Å². The Balaban J connectivity index is 2.22. The molecule has 2 heterocycles. The minimum absolute atomic E-state index is 0.00446. The first kappa shape index (κ1) is 13.0. The first-order chi connectivity index (χ1) is 10.2. The summed E-state index contributed by atoms with van der Waals surface area (Å²) in [7, 11) is 0. The first-order valence-electron chi connectivity index (χ1n) is 6.38. The Morgan fingerprint density at radius 2 is 2.05 bits per heavy atom. The van der Waals surface area contributed by atoms with Crippen molar-refractivity contribution in [3.8, 4) is 11.6 Å². The third kappa shape index (κ3) is 2.29. The van der Waals surface area contributed by atoms with Crippen molar-refractivity contribution in [1.82, 2.24) is 19.7 Å². The highest BCUT2D eigenvalue weighted by atomic mass is 16.5. The molecule has 1 N–H and O–H groups in total. The van der Waals surface area contributed by atoms with Crippen molar-refractivity contribution in [1.29, 1.82) is 0 Å². The minimum Gasteiger partial charge on any atom is -0.476 e. The van der Waals surface area contributed by atoms with E-state index in [1.807, 2.05) is 30.3 Å². The Morgan fingerprint density at radius 3 is 2.71 bits per heavy atom. The Bertz CT molecular complexity index is 799. The molecule has 0 atom stereocenters. The molecule has 1 aromatic carbocycles. The summed E-state index contributed by atoms with van der Waals surface area (Å²) in [6, 6.07) is 9.41. The predicted octanol–water partition coefficient (Wildman–Crippen LogP) is 1.91. The summed E-state index contributed by atoms with van der Waals surface area (Å²) in [6.45, 7) is 2.06. The number of aromatic nitrogens is 4. The van der Waals surface area contributed by atoms with E-state index in [0.717, 1.165) is 5.69 Å². The predicted molar refractivity (Wildman–Crippen MR) is 74.8 cm³/mol. The van der Waals surface area contributed by atoms with Crippen LogP contribution in [0.2, 0.25) is 0 Å². The third-order valence-corrected chi connectivity index (χ3v) is 2.85. The number of nitrogens with zero attached hydrogens (tertiary/aromatic N) is 4. The monoisotopic (exact) mass is 284 g/mol. The highest BCUT2D eigenvalue weighted by Gasteiger charge is 2.19. The molecule has 7 nitrogen and oxygen atoms in total. The van der Waals surface area contributed by atoms with Crippen LogP contribution in [0.3, 0.4) is 0 Å². The van der Waals surface area contributed by atoms with Gasteiger partial charge in [-0.05, 0) is 19.1 Å². The van der Waals surface area contributed by atoms with E-state index in [1.54, 1.807) is 11.6 Å². The van der Waals surface area contributed by atoms with E-state index >= 15 is 0 Å². The van der Waals surface area contributed by atoms with Gasteiger partial charge in [0.2, 0.25) is 11.6 Å². The van der Waals surface area contributed by atoms with E-state index in [4.69, 9.17) is 9.84 Å². The van der Waals surface area contributed by atoms with Crippen LogP contribution in [0, 0.1) is 0 Å². The molecule has 2 aromatic heterocycles. The summed E-state index contributed by atoms with van der Waals surface area (Å²) in [5, 5.41) is 13.4. The Kier molecular flexibility index (Phi) is 3.23. The van der Waals surface area contributed by atoms with Gasteiger partial charge in [-0.15, -0.1) is 0 Å². The summed E-state index contributed by atoms with van der Waals surface area (Å²) < 4.78 is 6.86. The van der Waals surface area contributed by atoms with Crippen LogP contribution in [-0.4, -0.2) is 37.4 Å². The zero-order chi connectivity index (χ0) is 14.8. The second-order valence-electron chi connectivity index (χ2n) is 4.22. The summed E-state index contributed by atoms with van der Waals surface area (Å²) in [5.74, 6) is -1.18. The summed E-state index contributed by atoms with van der Waals surface area (Å²) in [4.78, 5) is 19.5. The normalized spacial score (nSPS) is 10.7. The molecule has 21 heavy (non-hydrogen) atoms. The molecule has 3 rings (SSSR count). The number of carboxylic acids is 1. The number of para-hydroxylation sites is 1. The molecule has 0 fully saturated rings. The number of benzene rings is 1. The topological polar surface area (TPSA) is 90.1 Å². The van der Waals surface area contributed by atoms with Gasteiger partial charge >= 0.3 is 5.97 Å². The molecule has 0 unspecified atom stereocenters. The van der Waals surface area contributed by atoms with E-state index in [1.165, 1.54) is 6.20 Å². The lowest BCUT2D eigenvalue weighted by Crippen LogP contribution is -2.09. The van der Waals surface area contributed by atoms with E-state index in [-0.39, 0.29) is 11.6 Å². The second-order valence-corrected chi connectivity index (χ2v) is 4.22. The third-order valence-electron chi connectivity index (χ3n) is 2.85. The van der Waals surface area contributed by atoms with Gasteiger partial charge in [0.1, 0.15) is 5.52 Å². The largest absolute Gasteiger partial charge is 0.476 e. The lowest BCUT2D eigenvalue weighted by molar-refractivity contribution is 0.0685. The summed E-state index contributed by atoms with van der Waals surface area (Å²) in [5.41, 5.74) is 1.46. The fourth-order valence-corrected chi connectivity index (χ4v) is 1.97. The first-order valence-corrected chi connectivity index (χ1v) is 6.38. The molecule has 0 aliphatic rings. The fraction of sp³-hybridized carbons (Fsp3) is 0.143. The van der Waals surface area contributed by atoms with Crippen molar-refractivity contribution in [3.05, 3.63) is 42.2 Å². The minimum atomic E-state index is -1.18. The molecule has 7 heteroatoms. The van der Waals surface area contributed by atoms with Crippen LogP contribution in [0.15, 0.2) is 36.5 Å². The van der Waals surface area contributed by atoms with Crippen molar-refractivity contribution in [3.63, 3.8) is 0 Å². The van der Waals surface area contributed by atoms with Crippen molar-refractivity contribution >= 4 is 17.1 Å². The van der Waals surface area contributed by atoms with Crippen LogP contribution in [-0.2, 0) is 0 Å². The molecule has 0 amide bonds. The van der Waals surface area contributed by atoms with Crippen molar-refractivity contribution in [2.24, 2.45) is 0 Å². The molecule has 0 aliphatic heterocycles. The maximum absolute atomic E-state index is 11.2. The van der Waals surface area contributed by atoms with Gasteiger partial charge in [0.15, 0.2) is 5.65 Å². The molecular formula is C14H12N4O3. The maximum atomic E-state index is 11.2. The second kappa shape index (κ2) is 5.20. The van der Waals surface area contributed by atoms with E-state index in [2.05, 4.69) is 15.1 Å². The molecule has 0 saturated carbocycles. The lowest BCUT2D eigenvalue weighted by Gasteiger charge is -2.07. The highest BCUT2D eigenvalue weighted by molar-refractivity contribution is 5.90. The zero-order valence-corrected chi connectivity index (χ0v) is 11.2. The average molecular weight is 284 g/mol. The Hall–Kier alpha value is -2.96. The van der Waals surface area contributed by atoms with Crippen LogP contribution in [0.1, 0.15) is 17.4 Å². The molecule has 0 saturated heterocycles. The SMILES string of the molecule is CCOc1nc2c(cnn2-c2ccccc2)nc1C(=O)O. The number of hydrogen-bond donors (Lipinski definition) is 1. The number of ether oxygens (including phenoxy) is 1. The Labute approximate surface area is 119 Å². The van der Waals surface area contributed by atoms with Gasteiger partial charge in [0.25, 0.3) is 0 Å². The number of carboxylic acid groups (broad SMARTS) is 1. The molecular weight excluding hydrogens is 272 g/mol. The van der Waals surface area contributed by atoms with E-state index in [9.17, 15) is 4.79 Å². The van der Waals surface area contributed by atoms with Gasteiger partial charge < -0.3 is 9.84 Å². The molecule has 106 valence electrons. The van der Waals surface area contributed by atoms with Crippen LogP contribution in [0.25, 0.3) is 16.9 Å². The van der Waals surface area contributed by atoms with Gasteiger partial charge in [-0.3, -0.25) is 0 Å². The Morgan fingerprint density at radius 1 is 1.29 bits per heavy atom. The lowest BCUT2D eigenvalue weighted by atomic mass is 10.3. The van der Waals surface area contributed by atoms with E-state index < -0.39 is 5.97 Å². The molecule has 0 aliphatic carbocycles. The number of aromatic carboxylic acids is 1. The van der Waals surface area contributed by atoms with Gasteiger partial charge in [-0.2, -0.15) is 10.1 Å². The van der Waals surface area contributed by atoms with Gasteiger partial charge in [-0.25, -0.2) is 14.5 Å². The molecule has 0 radical (unpaired) electrons. The summed E-state index contributed by atoms with van der Waals surface area (Å²) >= 11 is 0. The smallest absolute Gasteiger partial charge is 0.360 e. The zero-order valence-electron chi connectivity index (χ0n) is 11.2. The van der Waals surface area contributed by atoms with Crippen molar-refractivity contribution in [2.45, 2.75) is 6.92 Å². The van der Waals surface area contributed by atoms with Gasteiger partial charge in [0.05, 0.1) is 18.5 Å². The molecule has 0 bridgehead atoms. The van der Waals surface area contributed by atoms with Crippen LogP contribution in [0.4, 0.5) is 0 Å². The summed E-state index contributed by atoms with van der Waals surface area (Å²) in [6.07, 6.45) is 1.48. The van der Waals surface area contributed by atoms with Crippen molar-refractivity contribution < 1.29 is 14.6 Å². The van der Waals surface area contributed by atoms with Gasteiger partial charge in [0, 0.05) is 0 Å². The number of carbonyl (C=O) groups is 1. The number of fused-ring (bicyclic) bond motifs is 1. The molecule has 0 spiro atoms. The maximum Gasteiger partial charge on any atom is 0.360 e. The van der Waals surface area contributed by atoms with Crippen LogP contribution in [0.5, 0.6) is 5.88 Å². The number of hydrogen-bond acceptors (Lipinski definition) is 5. The molecule has 3 aromatic rings. The fourth-order valence-electron chi connectivity index (χ4n) is 1.97. The van der Waals surface area contributed by atoms with Crippen LogP contribution >= 0.6 is 0 Å². The van der Waals surface area contributed by atoms with Crippen molar-refractivity contribution in [2.75, 3.05) is 6.61 Å². The van der Waals surface area contributed by atoms with Crippen LogP contribution < -0.4 is 4.74 Å². The quantitative estimate of drug-likeness (QED) is 0.787. The average Bonchev–Trinajstić information content (AvgIpc) is 2.90.